The van der Waals surface area contributed by atoms with E-state index in [9.17, 15) is 14.4 Å². The second-order valence-corrected chi connectivity index (χ2v) is 8.12. The highest BCUT2D eigenvalue weighted by atomic mass is 16.5. The van der Waals surface area contributed by atoms with Gasteiger partial charge in [-0.3, -0.25) is 4.79 Å². The highest BCUT2D eigenvalue weighted by molar-refractivity contribution is 5.96. The summed E-state index contributed by atoms with van der Waals surface area (Å²) in [6.45, 7) is 9.51. The van der Waals surface area contributed by atoms with E-state index in [2.05, 4.69) is 19.2 Å². The molecular formula is C25H27NO5. The zero-order valence-electron chi connectivity index (χ0n) is 18.4. The zero-order valence-corrected chi connectivity index (χ0v) is 18.4. The van der Waals surface area contributed by atoms with Crippen molar-refractivity contribution in [3.8, 4) is 0 Å². The van der Waals surface area contributed by atoms with Crippen molar-refractivity contribution in [1.29, 1.82) is 0 Å². The molecular weight excluding hydrogens is 394 g/mol. The summed E-state index contributed by atoms with van der Waals surface area (Å²) in [4.78, 5) is 36.8. The van der Waals surface area contributed by atoms with E-state index >= 15 is 0 Å². The van der Waals surface area contributed by atoms with Crippen LogP contribution in [0.2, 0.25) is 0 Å². The molecule has 0 aliphatic heterocycles. The average molecular weight is 421 g/mol. The lowest BCUT2D eigenvalue weighted by molar-refractivity contribution is -0.146. The molecule has 6 nitrogen and oxygen atoms in total. The maximum atomic E-state index is 12.5. The van der Waals surface area contributed by atoms with Crippen molar-refractivity contribution in [2.45, 2.75) is 53.2 Å². The van der Waals surface area contributed by atoms with Crippen molar-refractivity contribution in [3.05, 3.63) is 80.7 Å². The van der Waals surface area contributed by atoms with Gasteiger partial charge in [-0.05, 0) is 62.1 Å². The second kappa shape index (κ2) is 9.16. The predicted octanol–water partition coefficient (Wildman–Crippen LogP) is 4.39. The Morgan fingerprint density at radius 2 is 1.81 bits per heavy atom. The number of hydrogen-bond donors (Lipinski definition) is 1. The molecule has 1 aromatic heterocycles. The first kappa shape index (κ1) is 22.3. The molecule has 0 radical (unpaired) electrons. The van der Waals surface area contributed by atoms with Crippen molar-refractivity contribution in [2.75, 3.05) is 0 Å². The maximum Gasteiger partial charge on any atom is 0.336 e. The molecule has 31 heavy (non-hydrogen) atoms. The van der Waals surface area contributed by atoms with Gasteiger partial charge in [0.2, 0.25) is 0 Å². The van der Waals surface area contributed by atoms with E-state index < -0.39 is 17.6 Å². The monoisotopic (exact) mass is 421 g/mol. The lowest BCUT2D eigenvalue weighted by Gasteiger charge is -2.15. The number of esters is 1. The van der Waals surface area contributed by atoms with Crippen LogP contribution in [0, 0.1) is 13.8 Å². The fraction of sp³-hybridized carbons (Fsp3) is 0.320. The van der Waals surface area contributed by atoms with E-state index in [0.29, 0.717) is 22.6 Å². The molecule has 3 rings (SSSR count). The first-order valence-corrected chi connectivity index (χ1v) is 10.3. The molecule has 0 aliphatic rings. The molecule has 0 saturated heterocycles. The van der Waals surface area contributed by atoms with Crippen molar-refractivity contribution in [1.82, 2.24) is 5.32 Å². The molecule has 1 amide bonds. The van der Waals surface area contributed by atoms with Crippen molar-refractivity contribution in [3.63, 3.8) is 0 Å². The minimum absolute atomic E-state index is 0.0911. The fourth-order valence-corrected chi connectivity index (χ4v) is 3.53. The van der Waals surface area contributed by atoms with Gasteiger partial charge in [0, 0.05) is 22.6 Å². The van der Waals surface area contributed by atoms with Crippen LogP contribution in [0.15, 0.2) is 51.7 Å². The largest absolute Gasteiger partial charge is 0.459 e. The molecule has 0 saturated carbocycles. The van der Waals surface area contributed by atoms with Crippen molar-refractivity contribution < 1.29 is 18.7 Å². The van der Waals surface area contributed by atoms with Crippen LogP contribution in [0.25, 0.3) is 11.0 Å². The third-order valence-electron chi connectivity index (χ3n) is 5.19. The molecule has 1 atom stereocenters. The van der Waals surface area contributed by atoms with Crippen LogP contribution in [-0.2, 0) is 16.1 Å². The summed E-state index contributed by atoms with van der Waals surface area (Å²) in [5, 5.41) is 3.38. The Bertz CT molecular complexity index is 1190. The van der Waals surface area contributed by atoms with Crippen molar-refractivity contribution in [2.24, 2.45) is 0 Å². The van der Waals surface area contributed by atoms with Crippen LogP contribution in [0.4, 0.5) is 0 Å². The Morgan fingerprint density at radius 3 is 2.48 bits per heavy atom. The first-order chi connectivity index (χ1) is 14.7. The number of ether oxygens (including phenoxy) is 1. The molecule has 162 valence electrons. The number of fused-ring (bicyclic) bond motifs is 1. The zero-order chi connectivity index (χ0) is 22.7. The molecule has 1 heterocycles. The van der Waals surface area contributed by atoms with E-state index in [1.807, 2.05) is 32.0 Å². The van der Waals surface area contributed by atoms with E-state index in [1.165, 1.54) is 6.07 Å². The van der Waals surface area contributed by atoms with Crippen LogP contribution in [0.5, 0.6) is 0 Å². The minimum Gasteiger partial charge on any atom is -0.459 e. The van der Waals surface area contributed by atoms with Gasteiger partial charge in [-0.2, -0.15) is 0 Å². The molecule has 6 heteroatoms. The van der Waals surface area contributed by atoms with Gasteiger partial charge in [0.25, 0.3) is 5.91 Å². The van der Waals surface area contributed by atoms with Gasteiger partial charge in [-0.15, -0.1) is 0 Å². The van der Waals surface area contributed by atoms with Crippen LogP contribution >= 0.6 is 0 Å². The smallest absolute Gasteiger partial charge is 0.336 e. The van der Waals surface area contributed by atoms with E-state index in [0.717, 1.165) is 22.1 Å². The summed E-state index contributed by atoms with van der Waals surface area (Å²) >= 11 is 0. The standard InChI is InChI=1S/C25H27NO5/c1-14(2)20-12-21-19(11-23(27)31-22(21)10-16(20)4)13-30-25(29)17(5)26-24(28)18-8-6-7-15(3)9-18/h6-12,14,17H,13H2,1-5H3,(H,26,28)/t17-/m0/s1. The predicted molar refractivity (Wildman–Crippen MR) is 119 cm³/mol. The van der Waals surface area contributed by atoms with Crippen LogP contribution in [-0.4, -0.2) is 17.9 Å². The summed E-state index contributed by atoms with van der Waals surface area (Å²) in [6.07, 6.45) is 0. The Labute approximate surface area is 181 Å². The SMILES string of the molecule is Cc1cccc(C(=O)N[C@@H](C)C(=O)OCc2cc(=O)oc3cc(C)c(C(C)C)cc23)c1. The fourth-order valence-electron chi connectivity index (χ4n) is 3.53. The molecule has 0 unspecified atom stereocenters. The van der Waals surface area contributed by atoms with E-state index in [4.69, 9.17) is 9.15 Å². The topological polar surface area (TPSA) is 85.6 Å². The Hall–Kier alpha value is -3.41. The number of carbonyl (C=O) groups excluding carboxylic acids is 2. The molecule has 0 bridgehead atoms. The third kappa shape index (κ3) is 5.20. The Balaban J connectivity index is 1.75. The number of nitrogens with one attached hydrogen (secondary N) is 1. The van der Waals surface area contributed by atoms with Gasteiger partial charge in [0.05, 0.1) is 0 Å². The van der Waals surface area contributed by atoms with Gasteiger partial charge in [0.1, 0.15) is 18.2 Å². The van der Waals surface area contributed by atoms with Crippen LogP contribution in [0.3, 0.4) is 0 Å². The second-order valence-electron chi connectivity index (χ2n) is 8.12. The van der Waals surface area contributed by atoms with Gasteiger partial charge in [0.15, 0.2) is 0 Å². The average Bonchev–Trinajstić information content (AvgIpc) is 2.70. The Kier molecular flexibility index (Phi) is 6.59. The normalized spacial score (nSPS) is 12.1. The highest BCUT2D eigenvalue weighted by Gasteiger charge is 2.19. The van der Waals surface area contributed by atoms with Crippen molar-refractivity contribution >= 4 is 22.8 Å². The number of rotatable bonds is 6. The molecule has 1 N–H and O–H groups in total. The van der Waals surface area contributed by atoms with E-state index in [-0.39, 0.29) is 12.5 Å². The first-order valence-electron chi connectivity index (χ1n) is 10.3. The molecule has 0 aliphatic carbocycles. The lowest BCUT2D eigenvalue weighted by Crippen LogP contribution is -2.39. The van der Waals surface area contributed by atoms with Gasteiger partial charge in [-0.25, -0.2) is 9.59 Å². The summed E-state index contributed by atoms with van der Waals surface area (Å²) in [5.74, 6) is -0.641. The summed E-state index contributed by atoms with van der Waals surface area (Å²) in [7, 11) is 0. The molecule has 0 spiro atoms. The quantitative estimate of drug-likeness (QED) is 0.471. The highest BCUT2D eigenvalue weighted by Crippen LogP contribution is 2.27. The summed E-state index contributed by atoms with van der Waals surface area (Å²) < 4.78 is 10.7. The number of carbonyl (C=O) groups is 2. The summed E-state index contributed by atoms with van der Waals surface area (Å²) in [6, 6.07) is 11.4. The van der Waals surface area contributed by atoms with Gasteiger partial charge in [-0.1, -0.05) is 31.5 Å². The lowest BCUT2D eigenvalue weighted by atomic mass is 9.95. The Morgan fingerprint density at radius 1 is 1.06 bits per heavy atom. The number of amides is 1. The third-order valence-corrected chi connectivity index (χ3v) is 5.19. The maximum absolute atomic E-state index is 12.5. The van der Waals surface area contributed by atoms with Gasteiger partial charge < -0.3 is 14.5 Å². The summed E-state index contributed by atoms with van der Waals surface area (Å²) in [5.41, 5.74) is 4.12. The van der Waals surface area contributed by atoms with Crippen LogP contribution in [0.1, 0.15) is 59.3 Å². The number of hydrogen-bond acceptors (Lipinski definition) is 5. The van der Waals surface area contributed by atoms with E-state index in [1.54, 1.807) is 25.1 Å². The number of benzene rings is 2. The minimum atomic E-state index is -0.840. The van der Waals surface area contributed by atoms with Gasteiger partial charge >= 0.3 is 11.6 Å². The molecule has 0 fully saturated rings. The molecule has 3 aromatic rings. The van der Waals surface area contributed by atoms with Crippen LogP contribution < -0.4 is 10.9 Å². The molecule has 2 aromatic carbocycles. The number of aryl methyl sites for hydroxylation is 2.